The molecule has 2 heterocycles. The molecule has 1 saturated heterocycles. The summed E-state index contributed by atoms with van der Waals surface area (Å²) in [5.74, 6) is 0.689. The Labute approximate surface area is 107 Å². The highest BCUT2D eigenvalue weighted by atomic mass is 16.5. The van der Waals surface area contributed by atoms with Crippen molar-refractivity contribution in [1.29, 1.82) is 0 Å². The molecule has 1 N–H and O–H groups in total. The van der Waals surface area contributed by atoms with Crippen LogP contribution in [0.15, 0.2) is 17.2 Å². The molecule has 1 aromatic rings. The van der Waals surface area contributed by atoms with E-state index in [0.29, 0.717) is 12.5 Å². The third kappa shape index (κ3) is 2.90. The van der Waals surface area contributed by atoms with Crippen molar-refractivity contribution in [1.82, 2.24) is 14.9 Å². The molecule has 0 spiro atoms. The first-order valence-corrected chi connectivity index (χ1v) is 6.40. The lowest BCUT2D eigenvalue weighted by atomic mass is 10.1. The van der Waals surface area contributed by atoms with E-state index in [1.54, 1.807) is 17.0 Å². The standard InChI is InChI=1S/C13H21N3O2/c1-13(2,3)16-7-6-15-11(12(16)17)18-9-10-4-5-14-8-10/h6-7,10,14H,4-5,8-9H2,1-3H3. The molecular formula is C13H21N3O2. The maximum Gasteiger partial charge on any atom is 0.313 e. The van der Waals surface area contributed by atoms with E-state index in [1.165, 1.54) is 0 Å². The van der Waals surface area contributed by atoms with E-state index in [4.69, 9.17) is 4.74 Å². The minimum Gasteiger partial charge on any atom is -0.473 e. The Balaban J connectivity index is 2.11. The summed E-state index contributed by atoms with van der Waals surface area (Å²) < 4.78 is 7.23. The quantitative estimate of drug-likeness (QED) is 0.870. The van der Waals surface area contributed by atoms with Gasteiger partial charge in [-0.15, -0.1) is 0 Å². The summed E-state index contributed by atoms with van der Waals surface area (Å²) in [5.41, 5.74) is -0.413. The van der Waals surface area contributed by atoms with Crippen LogP contribution in [0.5, 0.6) is 5.88 Å². The minimum absolute atomic E-state index is 0.157. The molecule has 0 amide bonds. The first-order valence-electron chi connectivity index (χ1n) is 6.40. The molecule has 1 aliphatic heterocycles. The van der Waals surface area contributed by atoms with Crippen LogP contribution >= 0.6 is 0 Å². The molecule has 1 unspecified atom stereocenters. The molecular weight excluding hydrogens is 230 g/mol. The topological polar surface area (TPSA) is 56.1 Å². The maximum atomic E-state index is 12.2. The lowest BCUT2D eigenvalue weighted by Crippen LogP contribution is -2.34. The lowest BCUT2D eigenvalue weighted by molar-refractivity contribution is 0.241. The van der Waals surface area contributed by atoms with Crippen LogP contribution < -0.4 is 15.6 Å². The van der Waals surface area contributed by atoms with Crippen molar-refractivity contribution >= 4 is 0 Å². The molecule has 2 rings (SSSR count). The molecule has 0 radical (unpaired) electrons. The first kappa shape index (κ1) is 13.1. The molecule has 0 bridgehead atoms. The minimum atomic E-state index is -0.257. The van der Waals surface area contributed by atoms with Crippen molar-refractivity contribution in [3.05, 3.63) is 22.7 Å². The van der Waals surface area contributed by atoms with E-state index in [9.17, 15) is 4.79 Å². The fourth-order valence-corrected chi connectivity index (χ4v) is 2.07. The van der Waals surface area contributed by atoms with Gasteiger partial charge < -0.3 is 14.6 Å². The molecule has 100 valence electrons. The van der Waals surface area contributed by atoms with Gasteiger partial charge in [0.1, 0.15) is 0 Å². The average molecular weight is 251 g/mol. The van der Waals surface area contributed by atoms with Gasteiger partial charge in [-0.3, -0.25) is 4.79 Å². The molecule has 1 fully saturated rings. The van der Waals surface area contributed by atoms with E-state index in [0.717, 1.165) is 19.5 Å². The molecule has 0 saturated carbocycles. The van der Waals surface area contributed by atoms with Crippen LogP contribution in [0.4, 0.5) is 0 Å². The molecule has 5 nitrogen and oxygen atoms in total. The summed E-state index contributed by atoms with van der Waals surface area (Å²) in [5, 5.41) is 3.28. The van der Waals surface area contributed by atoms with Crippen molar-refractivity contribution in [2.24, 2.45) is 5.92 Å². The Morgan fingerprint density at radius 1 is 1.56 bits per heavy atom. The summed E-state index contributed by atoms with van der Waals surface area (Å²) >= 11 is 0. The van der Waals surface area contributed by atoms with E-state index in [1.807, 2.05) is 20.8 Å². The zero-order valence-corrected chi connectivity index (χ0v) is 11.3. The van der Waals surface area contributed by atoms with Crippen molar-refractivity contribution < 1.29 is 4.74 Å². The summed E-state index contributed by atoms with van der Waals surface area (Å²) in [6, 6.07) is 0. The summed E-state index contributed by atoms with van der Waals surface area (Å²) in [7, 11) is 0. The predicted molar refractivity (Wildman–Crippen MR) is 70.0 cm³/mol. The van der Waals surface area contributed by atoms with Gasteiger partial charge in [0.15, 0.2) is 0 Å². The third-order valence-corrected chi connectivity index (χ3v) is 3.15. The summed E-state index contributed by atoms with van der Waals surface area (Å²) in [4.78, 5) is 16.2. The summed E-state index contributed by atoms with van der Waals surface area (Å²) in [6.45, 7) is 8.50. The van der Waals surface area contributed by atoms with Crippen molar-refractivity contribution in [3.8, 4) is 5.88 Å². The lowest BCUT2D eigenvalue weighted by Gasteiger charge is -2.22. The Kier molecular flexibility index (Phi) is 3.71. The number of aromatic nitrogens is 2. The second-order valence-corrected chi connectivity index (χ2v) is 5.75. The molecule has 1 aliphatic rings. The van der Waals surface area contributed by atoms with Crippen LogP contribution in [-0.4, -0.2) is 29.2 Å². The first-order chi connectivity index (χ1) is 8.48. The highest BCUT2D eigenvalue weighted by Gasteiger charge is 2.19. The zero-order chi connectivity index (χ0) is 13.2. The number of nitrogens with zero attached hydrogens (tertiary/aromatic N) is 2. The van der Waals surface area contributed by atoms with Gasteiger partial charge in [0, 0.05) is 30.4 Å². The molecule has 0 aromatic carbocycles. The SMILES string of the molecule is CC(C)(C)n1ccnc(OCC2CCNC2)c1=O. The van der Waals surface area contributed by atoms with Crippen LogP contribution in [0.1, 0.15) is 27.2 Å². The number of hydrogen-bond acceptors (Lipinski definition) is 4. The van der Waals surface area contributed by atoms with Gasteiger partial charge in [0.25, 0.3) is 5.88 Å². The van der Waals surface area contributed by atoms with Crippen molar-refractivity contribution in [3.63, 3.8) is 0 Å². The van der Waals surface area contributed by atoms with Gasteiger partial charge in [-0.1, -0.05) is 0 Å². The highest BCUT2D eigenvalue weighted by molar-refractivity contribution is 5.06. The van der Waals surface area contributed by atoms with Crippen LogP contribution in [0.3, 0.4) is 0 Å². The fourth-order valence-electron chi connectivity index (χ4n) is 2.07. The van der Waals surface area contributed by atoms with Gasteiger partial charge >= 0.3 is 5.56 Å². The van der Waals surface area contributed by atoms with Crippen LogP contribution in [0.2, 0.25) is 0 Å². The smallest absolute Gasteiger partial charge is 0.313 e. The Morgan fingerprint density at radius 3 is 2.94 bits per heavy atom. The largest absolute Gasteiger partial charge is 0.473 e. The maximum absolute atomic E-state index is 12.2. The Morgan fingerprint density at radius 2 is 2.33 bits per heavy atom. The number of nitrogens with one attached hydrogen (secondary N) is 1. The normalized spacial score (nSPS) is 20.1. The highest BCUT2D eigenvalue weighted by Crippen LogP contribution is 2.13. The van der Waals surface area contributed by atoms with Gasteiger partial charge in [-0.2, -0.15) is 0 Å². The van der Waals surface area contributed by atoms with Gasteiger partial charge in [-0.25, -0.2) is 4.98 Å². The van der Waals surface area contributed by atoms with Gasteiger partial charge in [0.05, 0.1) is 6.61 Å². The zero-order valence-electron chi connectivity index (χ0n) is 11.3. The second kappa shape index (κ2) is 5.10. The predicted octanol–water partition coefficient (Wildman–Crippen LogP) is 0.987. The van der Waals surface area contributed by atoms with Crippen LogP contribution in [-0.2, 0) is 5.54 Å². The van der Waals surface area contributed by atoms with Gasteiger partial charge in [-0.05, 0) is 33.7 Å². The monoisotopic (exact) mass is 251 g/mol. The third-order valence-electron chi connectivity index (χ3n) is 3.15. The summed E-state index contributed by atoms with van der Waals surface area (Å²) in [6.07, 6.45) is 4.42. The van der Waals surface area contributed by atoms with E-state index in [2.05, 4.69) is 10.3 Å². The fraction of sp³-hybridized carbons (Fsp3) is 0.692. The molecule has 1 atom stereocenters. The van der Waals surface area contributed by atoms with E-state index in [-0.39, 0.29) is 17.0 Å². The van der Waals surface area contributed by atoms with Crippen molar-refractivity contribution in [2.75, 3.05) is 19.7 Å². The number of ether oxygens (including phenoxy) is 1. The Hall–Kier alpha value is -1.36. The molecule has 18 heavy (non-hydrogen) atoms. The Bertz CT molecular complexity index is 456. The van der Waals surface area contributed by atoms with Crippen molar-refractivity contribution in [2.45, 2.75) is 32.7 Å². The van der Waals surface area contributed by atoms with Gasteiger partial charge in [0.2, 0.25) is 0 Å². The number of hydrogen-bond donors (Lipinski definition) is 1. The molecule has 0 aliphatic carbocycles. The second-order valence-electron chi connectivity index (χ2n) is 5.75. The van der Waals surface area contributed by atoms with Crippen LogP contribution in [0, 0.1) is 5.92 Å². The molecule has 5 heteroatoms. The average Bonchev–Trinajstić information content (AvgIpc) is 2.79. The molecule has 1 aromatic heterocycles. The number of rotatable bonds is 3. The van der Waals surface area contributed by atoms with E-state index >= 15 is 0 Å². The van der Waals surface area contributed by atoms with E-state index < -0.39 is 0 Å². The van der Waals surface area contributed by atoms with Crippen LogP contribution in [0.25, 0.3) is 0 Å².